The molecule has 0 amide bonds. The number of methoxy groups -OCH3 is 1. The molecule has 2 aromatic rings. The number of ether oxygens (including phenoxy) is 2. The number of pyridine rings is 1. The van der Waals surface area contributed by atoms with Gasteiger partial charge in [-0.3, -0.25) is 4.98 Å². The molecule has 25 heavy (non-hydrogen) atoms. The molecule has 2 atom stereocenters. The smallest absolute Gasteiger partial charge is 0.246 e. The molecular formula is C18H25N5O2. The van der Waals surface area contributed by atoms with Crippen LogP contribution in [-0.4, -0.2) is 52.6 Å². The van der Waals surface area contributed by atoms with Crippen molar-refractivity contribution in [2.75, 3.05) is 25.2 Å². The van der Waals surface area contributed by atoms with E-state index >= 15 is 0 Å². The van der Waals surface area contributed by atoms with Crippen molar-refractivity contribution < 1.29 is 9.47 Å². The van der Waals surface area contributed by atoms with Crippen molar-refractivity contribution in [1.29, 1.82) is 0 Å². The first kappa shape index (κ1) is 17.5. The molecule has 0 N–H and O–H groups in total. The van der Waals surface area contributed by atoms with E-state index in [1.54, 1.807) is 19.5 Å². The van der Waals surface area contributed by atoms with E-state index in [2.05, 4.69) is 33.9 Å². The number of rotatable bonds is 7. The van der Waals surface area contributed by atoms with E-state index in [1.165, 1.54) is 0 Å². The van der Waals surface area contributed by atoms with Crippen LogP contribution in [0.25, 0.3) is 0 Å². The van der Waals surface area contributed by atoms with Gasteiger partial charge in [0.1, 0.15) is 12.4 Å². The number of anilines is 1. The van der Waals surface area contributed by atoms with E-state index in [4.69, 9.17) is 14.5 Å². The summed E-state index contributed by atoms with van der Waals surface area (Å²) >= 11 is 0. The topological polar surface area (TPSA) is 73.3 Å². The van der Waals surface area contributed by atoms with E-state index in [1.807, 2.05) is 12.1 Å². The van der Waals surface area contributed by atoms with E-state index in [9.17, 15) is 0 Å². The quantitative estimate of drug-likeness (QED) is 0.762. The van der Waals surface area contributed by atoms with Crippen molar-refractivity contribution in [2.45, 2.75) is 45.3 Å². The van der Waals surface area contributed by atoms with Gasteiger partial charge >= 0.3 is 0 Å². The van der Waals surface area contributed by atoms with Gasteiger partial charge in [0, 0.05) is 19.9 Å². The molecule has 1 saturated heterocycles. The maximum Gasteiger partial charge on any atom is 0.246 e. The summed E-state index contributed by atoms with van der Waals surface area (Å²) < 4.78 is 11.5. The lowest BCUT2D eigenvalue weighted by molar-refractivity contribution is 0.115. The second kappa shape index (κ2) is 8.20. The molecule has 7 heteroatoms. The molecule has 0 spiro atoms. The average Bonchev–Trinajstić information content (AvgIpc) is 3.10. The maximum absolute atomic E-state index is 5.90. The molecule has 134 valence electrons. The van der Waals surface area contributed by atoms with E-state index in [0.717, 1.165) is 42.9 Å². The fraction of sp³-hybridized carbons (Fsp3) is 0.556. The fourth-order valence-corrected chi connectivity index (χ4v) is 3.12. The van der Waals surface area contributed by atoms with E-state index in [-0.39, 0.29) is 12.1 Å². The zero-order valence-electron chi connectivity index (χ0n) is 15.1. The third-order valence-electron chi connectivity index (χ3n) is 4.54. The van der Waals surface area contributed by atoms with Crippen LogP contribution >= 0.6 is 0 Å². The third-order valence-corrected chi connectivity index (χ3v) is 4.54. The van der Waals surface area contributed by atoms with Crippen LogP contribution in [0.15, 0.2) is 24.5 Å². The highest BCUT2D eigenvalue weighted by Crippen LogP contribution is 2.25. The Balaban J connectivity index is 1.77. The molecule has 0 aliphatic carbocycles. The summed E-state index contributed by atoms with van der Waals surface area (Å²) in [5.41, 5.74) is 1.98. The van der Waals surface area contributed by atoms with Gasteiger partial charge < -0.3 is 14.4 Å². The van der Waals surface area contributed by atoms with Crippen molar-refractivity contribution >= 4 is 5.95 Å². The SMILES string of the molecule is CCc1nnc(N2C[C@H](OC)C[C@H]2COc2cccnc2)nc1CC. The van der Waals surface area contributed by atoms with Crippen LogP contribution < -0.4 is 9.64 Å². The van der Waals surface area contributed by atoms with Gasteiger partial charge in [0.25, 0.3) is 0 Å². The molecule has 1 aliphatic rings. The van der Waals surface area contributed by atoms with Gasteiger partial charge in [-0.2, -0.15) is 5.10 Å². The lowest BCUT2D eigenvalue weighted by atomic mass is 10.2. The highest BCUT2D eigenvalue weighted by Gasteiger charge is 2.35. The second-order valence-corrected chi connectivity index (χ2v) is 6.11. The summed E-state index contributed by atoms with van der Waals surface area (Å²) in [5.74, 6) is 1.42. The van der Waals surface area contributed by atoms with Crippen LogP contribution in [0.1, 0.15) is 31.7 Å². The summed E-state index contributed by atoms with van der Waals surface area (Å²) in [6.07, 6.45) is 6.16. The predicted molar refractivity (Wildman–Crippen MR) is 94.9 cm³/mol. The van der Waals surface area contributed by atoms with Gasteiger partial charge in [-0.25, -0.2) is 4.98 Å². The molecule has 0 unspecified atom stereocenters. The Morgan fingerprint density at radius 1 is 1.20 bits per heavy atom. The third kappa shape index (κ3) is 4.04. The Morgan fingerprint density at radius 3 is 2.72 bits per heavy atom. The first-order chi connectivity index (χ1) is 12.2. The minimum absolute atomic E-state index is 0.141. The highest BCUT2D eigenvalue weighted by atomic mass is 16.5. The normalized spacial score (nSPS) is 20.0. The van der Waals surface area contributed by atoms with Gasteiger partial charge in [0.15, 0.2) is 0 Å². The Kier molecular flexibility index (Phi) is 5.75. The van der Waals surface area contributed by atoms with Gasteiger partial charge in [-0.1, -0.05) is 13.8 Å². The molecular weight excluding hydrogens is 318 g/mol. The van der Waals surface area contributed by atoms with Gasteiger partial charge in [0.05, 0.1) is 29.7 Å². The van der Waals surface area contributed by atoms with Crippen molar-refractivity contribution in [3.05, 3.63) is 35.9 Å². The Labute approximate surface area is 148 Å². The van der Waals surface area contributed by atoms with Crippen LogP contribution in [0.2, 0.25) is 0 Å². The largest absolute Gasteiger partial charge is 0.490 e. The number of aryl methyl sites for hydroxylation is 2. The number of nitrogens with zero attached hydrogens (tertiary/aromatic N) is 5. The Hall–Kier alpha value is -2.28. The predicted octanol–water partition coefficient (Wildman–Crippen LogP) is 2.06. The maximum atomic E-state index is 5.90. The van der Waals surface area contributed by atoms with Crippen LogP contribution in [0.3, 0.4) is 0 Å². The molecule has 2 aromatic heterocycles. The Morgan fingerprint density at radius 2 is 2.04 bits per heavy atom. The molecule has 1 fully saturated rings. The molecule has 7 nitrogen and oxygen atoms in total. The van der Waals surface area contributed by atoms with Crippen LogP contribution in [0.5, 0.6) is 5.75 Å². The molecule has 0 saturated carbocycles. The molecule has 0 bridgehead atoms. The number of hydrogen-bond acceptors (Lipinski definition) is 7. The van der Waals surface area contributed by atoms with Gasteiger partial charge in [-0.15, -0.1) is 5.10 Å². The van der Waals surface area contributed by atoms with Crippen LogP contribution in [0.4, 0.5) is 5.95 Å². The molecule has 0 aromatic carbocycles. The fourth-order valence-electron chi connectivity index (χ4n) is 3.12. The summed E-state index contributed by atoms with van der Waals surface area (Å²) in [5, 5.41) is 8.73. The Bertz CT molecular complexity index is 682. The number of aromatic nitrogens is 4. The summed E-state index contributed by atoms with van der Waals surface area (Å²) in [6.45, 7) is 5.45. The molecule has 3 rings (SSSR count). The minimum Gasteiger partial charge on any atom is -0.490 e. The van der Waals surface area contributed by atoms with Crippen molar-refractivity contribution in [2.24, 2.45) is 0 Å². The minimum atomic E-state index is 0.141. The summed E-state index contributed by atoms with van der Waals surface area (Å²) in [6, 6.07) is 3.91. The van der Waals surface area contributed by atoms with E-state index in [0.29, 0.717) is 12.6 Å². The van der Waals surface area contributed by atoms with Crippen LogP contribution in [-0.2, 0) is 17.6 Å². The van der Waals surface area contributed by atoms with Crippen molar-refractivity contribution in [3.63, 3.8) is 0 Å². The first-order valence-electron chi connectivity index (χ1n) is 8.79. The summed E-state index contributed by atoms with van der Waals surface area (Å²) in [4.78, 5) is 11.0. The average molecular weight is 343 g/mol. The van der Waals surface area contributed by atoms with Crippen LogP contribution in [0, 0.1) is 0 Å². The summed E-state index contributed by atoms with van der Waals surface area (Å²) in [7, 11) is 1.74. The van der Waals surface area contributed by atoms with Crippen molar-refractivity contribution in [1.82, 2.24) is 20.2 Å². The highest BCUT2D eigenvalue weighted by molar-refractivity contribution is 5.35. The van der Waals surface area contributed by atoms with Gasteiger partial charge in [-0.05, 0) is 31.4 Å². The van der Waals surface area contributed by atoms with Gasteiger partial charge in [0.2, 0.25) is 5.95 Å². The van der Waals surface area contributed by atoms with E-state index < -0.39 is 0 Å². The second-order valence-electron chi connectivity index (χ2n) is 6.11. The zero-order chi connectivity index (χ0) is 17.6. The first-order valence-corrected chi connectivity index (χ1v) is 8.79. The molecule has 1 aliphatic heterocycles. The monoisotopic (exact) mass is 343 g/mol. The standard InChI is InChI=1S/C18H25N5O2/c1-4-16-17(5-2)21-22-18(20-16)23-11-15(24-3)9-13(23)12-25-14-7-6-8-19-10-14/h6-8,10,13,15H,4-5,9,11-12H2,1-3H3/t13-,15+/m0/s1. The molecule has 0 radical (unpaired) electrons. The lowest BCUT2D eigenvalue weighted by Gasteiger charge is -2.24. The van der Waals surface area contributed by atoms with Crippen molar-refractivity contribution in [3.8, 4) is 5.75 Å². The molecule has 3 heterocycles. The lowest BCUT2D eigenvalue weighted by Crippen LogP contribution is -2.36. The number of hydrogen-bond donors (Lipinski definition) is 0. The zero-order valence-corrected chi connectivity index (χ0v) is 15.1.